The van der Waals surface area contributed by atoms with Gasteiger partial charge in [-0.3, -0.25) is 0 Å². The van der Waals surface area contributed by atoms with E-state index in [0.717, 1.165) is 13.0 Å². The fourth-order valence-corrected chi connectivity index (χ4v) is 4.36. The third kappa shape index (κ3) is 9.65. The maximum atomic E-state index is 2.50. The summed E-state index contributed by atoms with van der Waals surface area (Å²) in [5.74, 6) is 1.49. The first-order valence-corrected chi connectivity index (χ1v) is 12.5. The van der Waals surface area contributed by atoms with Crippen molar-refractivity contribution in [3.05, 3.63) is 54.1 Å². The molecule has 2 heteroatoms. The second kappa shape index (κ2) is 15.3. The second-order valence-corrected chi connectivity index (χ2v) is 8.58. The average Bonchev–Trinajstić information content (AvgIpc) is 3.14. The number of hydrogen-bond donors (Lipinski definition) is 0. The van der Waals surface area contributed by atoms with E-state index in [-0.39, 0.29) is 0 Å². The molecule has 0 atom stereocenters. The Morgan fingerprint density at radius 3 is 1.97 bits per heavy atom. The molecule has 0 spiro atoms. The van der Waals surface area contributed by atoms with Crippen LogP contribution < -0.4 is 4.57 Å². The van der Waals surface area contributed by atoms with Crippen LogP contribution >= 0.6 is 0 Å². The zero-order valence-electron chi connectivity index (χ0n) is 19.2. The Kier molecular flexibility index (Phi) is 12.5. The molecular formula is C27H45N2+. The van der Waals surface area contributed by atoms with Gasteiger partial charge < -0.3 is 0 Å². The van der Waals surface area contributed by atoms with Crippen LogP contribution in [0.4, 0.5) is 0 Å². The van der Waals surface area contributed by atoms with Crippen molar-refractivity contribution in [1.82, 2.24) is 4.57 Å². The molecule has 1 aromatic heterocycles. The topological polar surface area (TPSA) is 8.81 Å². The molecule has 0 fully saturated rings. The van der Waals surface area contributed by atoms with Gasteiger partial charge in [-0.05, 0) is 31.2 Å². The molecule has 2 aromatic rings. The third-order valence-electron chi connectivity index (χ3n) is 6.12. The molecule has 2 nitrogen and oxygen atoms in total. The standard InChI is InChI=1S/C27H45N2/c1-3-5-6-7-8-9-10-11-12-13-17-22-28-24-25-29(27(28)4-2)23-18-21-26-19-15-14-16-20-26/h14-16,19-20,24-25H,3-13,17-18,21-23H2,1-2H3/q+1. The fraction of sp³-hybridized carbons (Fsp3) is 0.667. The van der Waals surface area contributed by atoms with Crippen LogP contribution in [0.3, 0.4) is 0 Å². The summed E-state index contributed by atoms with van der Waals surface area (Å²) >= 11 is 0. The Labute approximate surface area is 180 Å². The summed E-state index contributed by atoms with van der Waals surface area (Å²) in [6.07, 6.45) is 23.7. The van der Waals surface area contributed by atoms with Crippen molar-refractivity contribution in [2.24, 2.45) is 0 Å². The van der Waals surface area contributed by atoms with Gasteiger partial charge in [0.05, 0.1) is 13.1 Å². The van der Waals surface area contributed by atoms with Gasteiger partial charge >= 0.3 is 0 Å². The minimum atomic E-state index is 1.12. The van der Waals surface area contributed by atoms with E-state index in [1.54, 1.807) is 0 Å². The number of benzene rings is 1. The largest absolute Gasteiger partial charge is 0.256 e. The predicted octanol–water partition coefficient (Wildman–Crippen LogP) is 7.28. The molecule has 2 rings (SSSR count). The van der Waals surface area contributed by atoms with E-state index in [0.29, 0.717) is 0 Å². The second-order valence-electron chi connectivity index (χ2n) is 8.58. The van der Waals surface area contributed by atoms with Crippen LogP contribution in [0.5, 0.6) is 0 Å². The summed E-state index contributed by atoms with van der Waals surface area (Å²) in [5.41, 5.74) is 1.45. The highest BCUT2D eigenvalue weighted by Gasteiger charge is 2.14. The van der Waals surface area contributed by atoms with E-state index >= 15 is 0 Å². The van der Waals surface area contributed by atoms with Crippen LogP contribution in [-0.4, -0.2) is 4.57 Å². The molecular weight excluding hydrogens is 352 g/mol. The first-order chi connectivity index (χ1) is 14.3. The van der Waals surface area contributed by atoms with Crippen molar-refractivity contribution in [3.8, 4) is 0 Å². The number of nitrogens with zero attached hydrogens (tertiary/aromatic N) is 2. The zero-order valence-corrected chi connectivity index (χ0v) is 19.2. The molecule has 162 valence electrons. The molecule has 0 aliphatic carbocycles. The van der Waals surface area contributed by atoms with Gasteiger partial charge in [-0.1, -0.05) is 102 Å². The van der Waals surface area contributed by atoms with Gasteiger partial charge in [0, 0.05) is 6.42 Å². The molecule has 0 radical (unpaired) electrons. The Balaban J connectivity index is 1.57. The highest BCUT2D eigenvalue weighted by Crippen LogP contribution is 2.12. The Bertz CT molecular complexity index is 629. The number of imidazole rings is 1. The summed E-state index contributed by atoms with van der Waals surface area (Å²) < 4.78 is 4.97. The number of unbranched alkanes of at least 4 members (excludes halogenated alkanes) is 10. The van der Waals surface area contributed by atoms with Gasteiger partial charge in [-0.15, -0.1) is 0 Å². The lowest BCUT2D eigenvalue weighted by molar-refractivity contribution is -0.704. The van der Waals surface area contributed by atoms with E-state index in [9.17, 15) is 0 Å². The summed E-state index contributed by atoms with van der Waals surface area (Å²) in [4.78, 5) is 0. The van der Waals surface area contributed by atoms with Gasteiger partial charge in [0.25, 0.3) is 5.82 Å². The maximum absolute atomic E-state index is 2.50. The summed E-state index contributed by atoms with van der Waals surface area (Å²) in [6.45, 7) is 6.90. The van der Waals surface area contributed by atoms with E-state index in [4.69, 9.17) is 0 Å². The smallest absolute Gasteiger partial charge is 0.234 e. The molecule has 0 aliphatic rings. The number of aryl methyl sites for hydroxylation is 3. The lowest BCUT2D eigenvalue weighted by Crippen LogP contribution is -2.37. The Hall–Kier alpha value is -1.57. The minimum absolute atomic E-state index is 1.12. The Morgan fingerprint density at radius 2 is 1.34 bits per heavy atom. The maximum Gasteiger partial charge on any atom is 0.256 e. The van der Waals surface area contributed by atoms with Gasteiger partial charge in [-0.25, -0.2) is 9.13 Å². The van der Waals surface area contributed by atoms with Crippen LogP contribution in [0.25, 0.3) is 0 Å². The molecule has 0 N–H and O–H groups in total. The first-order valence-electron chi connectivity index (χ1n) is 12.5. The fourth-order valence-electron chi connectivity index (χ4n) is 4.36. The van der Waals surface area contributed by atoms with Crippen molar-refractivity contribution in [3.63, 3.8) is 0 Å². The lowest BCUT2D eigenvalue weighted by Gasteiger charge is -2.05. The highest BCUT2D eigenvalue weighted by molar-refractivity contribution is 5.14. The van der Waals surface area contributed by atoms with Crippen LogP contribution in [0.2, 0.25) is 0 Å². The van der Waals surface area contributed by atoms with Crippen LogP contribution in [0, 0.1) is 0 Å². The molecule has 0 saturated carbocycles. The third-order valence-corrected chi connectivity index (χ3v) is 6.12. The molecule has 0 saturated heterocycles. The van der Waals surface area contributed by atoms with Crippen LogP contribution in [0.15, 0.2) is 42.7 Å². The summed E-state index contributed by atoms with van der Waals surface area (Å²) in [7, 11) is 0. The number of aromatic nitrogens is 2. The highest BCUT2D eigenvalue weighted by atomic mass is 15.1. The van der Waals surface area contributed by atoms with Gasteiger partial charge in [0.15, 0.2) is 0 Å². The molecule has 0 aliphatic heterocycles. The van der Waals surface area contributed by atoms with Gasteiger partial charge in [0.2, 0.25) is 0 Å². The Morgan fingerprint density at radius 1 is 0.724 bits per heavy atom. The van der Waals surface area contributed by atoms with Crippen molar-refractivity contribution in [2.75, 3.05) is 0 Å². The summed E-state index contributed by atoms with van der Waals surface area (Å²) in [6, 6.07) is 10.9. The van der Waals surface area contributed by atoms with E-state index in [1.165, 1.54) is 101 Å². The van der Waals surface area contributed by atoms with E-state index < -0.39 is 0 Å². The molecule has 0 unspecified atom stereocenters. The zero-order chi connectivity index (χ0) is 20.6. The summed E-state index contributed by atoms with van der Waals surface area (Å²) in [5, 5.41) is 0. The predicted molar refractivity (Wildman–Crippen MR) is 125 cm³/mol. The number of rotatable bonds is 17. The molecule has 0 amide bonds. The SMILES string of the molecule is CCCCCCCCCCCCCn1cc[n+](CCCc2ccccc2)c1CC. The van der Waals surface area contributed by atoms with E-state index in [2.05, 4.69) is 65.7 Å². The normalized spacial score (nSPS) is 11.2. The lowest BCUT2D eigenvalue weighted by atomic mass is 10.1. The monoisotopic (exact) mass is 397 g/mol. The van der Waals surface area contributed by atoms with E-state index in [1.807, 2.05) is 0 Å². The molecule has 0 bridgehead atoms. The number of hydrogen-bond acceptors (Lipinski definition) is 0. The molecule has 29 heavy (non-hydrogen) atoms. The van der Waals surface area contributed by atoms with Crippen molar-refractivity contribution >= 4 is 0 Å². The van der Waals surface area contributed by atoms with Crippen LogP contribution in [0.1, 0.15) is 102 Å². The molecule has 1 heterocycles. The average molecular weight is 398 g/mol. The van der Waals surface area contributed by atoms with Crippen molar-refractivity contribution in [2.45, 2.75) is 117 Å². The van der Waals surface area contributed by atoms with Crippen molar-refractivity contribution < 1.29 is 4.57 Å². The molecule has 1 aromatic carbocycles. The van der Waals surface area contributed by atoms with Gasteiger partial charge in [0.1, 0.15) is 12.4 Å². The van der Waals surface area contributed by atoms with Crippen molar-refractivity contribution in [1.29, 1.82) is 0 Å². The van der Waals surface area contributed by atoms with Crippen LogP contribution in [-0.2, 0) is 25.9 Å². The quantitative estimate of drug-likeness (QED) is 0.196. The minimum Gasteiger partial charge on any atom is -0.234 e. The first kappa shape index (κ1) is 23.7. The van der Waals surface area contributed by atoms with Gasteiger partial charge in [-0.2, -0.15) is 0 Å².